The number of carbonyl (C=O) groups is 1. The van der Waals surface area contributed by atoms with Gasteiger partial charge in [0.25, 0.3) is 5.56 Å². The smallest absolute Gasteiger partial charge is 0.261 e. The van der Waals surface area contributed by atoms with Crippen LogP contribution in [0.15, 0.2) is 53.6 Å². The highest BCUT2D eigenvalue weighted by Crippen LogP contribution is 2.28. The molecule has 4 aromatic rings. The number of nitrogens with zero attached hydrogens (tertiary/aromatic N) is 4. The van der Waals surface area contributed by atoms with E-state index in [1.807, 2.05) is 50.2 Å². The van der Waals surface area contributed by atoms with Crippen LogP contribution in [0.2, 0.25) is 0 Å². The van der Waals surface area contributed by atoms with Gasteiger partial charge in [0, 0.05) is 7.05 Å². The second kappa shape index (κ2) is 7.16. The molecule has 28 heavy (non-hydrogen) atoms. The number of hydrogen-bond donors (Lipinski definition) is 0. The van der Waals surface area contributed by atoms with Crippen LogP contribution in [0.3, 0.4) is 0 Å². The highest BCUT2D eigenvalue weighted by atomic mass is 32.1. The van der Waals surface area contributed by atoms with Crippen LogP contribution in [0, 0.1) is 6.92 Å². The summed E-state index contributed by atoms with van der Waals surface area (Å²) in [5, 5.41) is 1.40. The third-order valence-electron chi connectivity index (χ3n) is 5.00. The quantitative estimate of drug-likeness (QED) is 0.533. The Morgan fingerprint density at radius 2 is 2.00 bits per heavy atom. The molecule has 1 atom stereocenters. The van der Waals surface area contributed by atoms with Crippen LogP contribution >= 0.6 is 11.3 Å². The lowest BCUT2D eigenvalue weighted by Crippen LogP contribution is -2.35. The van der Waals surface area contributed by atoms with Crippen LogP contribution in [0.5, 0.6) is 0 Å². The van der Waals surface area contributed by atoms with Gasteiger partial charge in [-0.2, -0.15) is 0 Å². The van der Waals surface area contributed by atoms with Gasteiger partial charge in [-0.25, -0.2) is 9.97 Å². The maximum Gasteiger partial charge on any atom is 0.261 e. The van der Waals surface area contributed by atoms with Crippen molar-refractivity contribution in [3.63, 3.8) is 0 Å². The Bertz CT molecular complexity index is 1210. The van der Waals surface area contributed by atoms with Gasteiger partial charge >= 0.3 is 0 Å². The molecule has 6 nitrogen and oxygen atoms in total. The lowest BCUT2D eigenvalue weighted by molar-refractivity contribution is -0.132. The lowest BCUT2D eigenvalue weighted by Gasteiger charge is -2.23. The SMILES string of the molecule is Cc1cccc2c(=O)n(CC(=O)N(C)C(C)c3nc4ccccc4s3)cnc12. The van der Waals surface area contributed by atoms with Gasteiger partial charge < -0.3 is 4.90 Å². The number of aromatic nitrogens is 3. The first-order valence-electron chi connectivity index (χ1n) is 9.01. The molecule has 142 valence electrons. The van der Waals surface area contributed by atoms with Gasteiger partial charge in [0.15, 0.2) is 0 Å². The molecule has 7 heteroatoms. The van der Waals surface area contributed by atoms with Crippen molar-refractivity contribution < 1.29 is 4.79 Å². The summed E-state index contributed by atoms with van der Waals surface area (Å²) in [4.78, 5) is 36.2. The Balaban J connectivity index is 1.58. The number of thiazole rings is 1. The molecular formula is C21H20N4O2S. The maximum atomic E-state index is 12.8. The number of fused-ring (bicyclic) bond motifs is 2. The van der Waals surface area contributed by atoms with E-state index in [1.54, 1.807) is 29.4 Å². The number of hydrogen-bond acceptors (Lipinski definition) is 5. The van der Waals surface area contributed by atoms with E-state index in [0.29, 0.717) is 10.9 Å². The molecule has 4 rings (SSSR count). The molecule has 2 aromatic carbocycles. The molecule has 1 amide bonds. The molecule has 0 bridgehead atoms. The maximum absolute atomic E-state index is 12.8. The second-order valence-corrected chi connectivity index (χ2v) is 7.91. The van der Waals surface area contributed by atoms with Gasteiger partial charge in [0.2, 0.25) is 5.91 Å². The van der Waals surface area contributed by atoms with Crippen molar-refractivity contribution in [3.05, 3.63) is 69.7 Å². The molecule has 2 heterocycles. The van der Waals surface area contributed by atoms with Crippen molar-refractivity contribution in [1.29, 1.82) is 0 Å². The summed E-state index contributed by atoms with van der Waals surface area (Å²) in [5.41, 5.74) is 2.34. The molecule has 0 radical (unpaired) electrons. The molecule has 0 N–H and O–H groups in total. The van der Waals surface area contributed by atoms with Crippen molar-refractivity contribution >= 4 is 38.4 Å². The minimum absolute atomic E-state index is 0.0541. The first kappa shape index (κ1) is 18.3. The summed E-state index contributed by atoms with van der Waals surface area (Å²) in [6.07, 6.45) is 1.45. The summed E-state index contributed by atoms with van der Waals surface area (Å²) in [6.45, 7) is 3.81. The average Bonchev–Trinajstić information content (AvgIpc) is 3.13. The Labute approximate surface area is 166 Å². The summed E-state index contributed by atoms with van der Waals surface area (Å²) in [7, 11) is 1.74. The van der Waals surface area contributed by atoms with Gasteiger partial charge in [-0.3, -0.25) is 14.2 Å². The summed E-state index contributed by atoms with van der Waals surface area (Å²) >= 11 is 1.58. The van der Waals surface area contributed by atoms with Crippen LogP contribution in [0.25, 0.3) is 21.1 Å². The minimum Gasteiger partial charge on any atom is -0.335 e. The topological polar surface area (TPSA) is 68.1 Å². The molecular weight excluding hydrogens is 372 g/mol. The predicted molar refractivity (Wildman–Crippen MR) is 112 cm³/mol. The van der Waals surface area contributed by atoms with Crippen LogP contribution in [0.1, 0.15) is 23.5 Å². The Morgan fingerprint density at radius 3 is 2.79 bits per heavy atom. The van der Waals surface area contributed by atoms with E-state index in [-0.39, 0.29) is 24.1 Å². The first-order valence-corrected chi connectivity index (χ1v) is 9.83. The van der Waals surface area contributed by atoms with Crippen molar-refractivity contribution in [2.24, 2.45) is 0 Å². The van der Waals surface area contributed by atoms with E-state index in [2.05, 4.69) is 9.97 Å². The number of rotatable bonds is 4. The number of likely N-dealkylation sites (N-methyl/N-ethyl adjacent to an activating group) is 1. The fourth-order valence-electron chi connectivity index (χ4n) is 3.16. The molecule has 0 aliphatic heterocycles. The van der Waals surface area contributed by atoms with E-state index in [9.17, 15) is 9.59 Å². The molecule has 0 saturated carbocycles. The zero-order valence-corrected chi connectivity index (χ0v) is 16.7. The summed E-state index contributed by atoms with van der Waals surface area (Å²) < 4.78 is 2.46. The zero-order valence-electron chi connectivity index (χ0n) is 15.9. The lowest BCUT2D eigenvalue weighted by atomic mass is 10.1. The zero-order chi connectivity index (χ0) is 19.8. The molecule has 0 aliphatic rings. The second-order valence-electron chi connectivity index (χ2n) is 6.85. The standard InChI is InChI=1S/C21H20N4O2S/c1-13-7-6-8-15-19(13)22-12-25(21(15)27)11-18(26)24(3)14(2)20-23-16-9-4-5-10-17(16)28-20/h4-10,12,14H,11H2,1-3H3. The average molecular weight is 392 g/mol. The monoisotopic (exact) mass is 392 g/mol. The number of para-hydroxylation sites is 2. The highest BCUT2D eigenvalue weighted by molar-refractivity contribution is 7.18. The van der Waals surface area contributed by atoms with Crippen LogP contribution in [0.4, 0.5) is 0 Å². The van der Waals surface area contributed by atoms with E-state index < -0.39 is 0 Å². The number of amides is 1. The fraction of sp³-hybridized carbons (Fsp3) is 0.238. The fourth-order valence-corrected chi connectivity index (χ4v) is 4.22. The first-order chi connectivity index (χ1) is 13.5. The summed E-state index contributed by atoms with van der Waals surface area (Å²) in [5.74, 6) is -0.164. The van der Waals surface area contributed by atoms with Crippen molar-refractivity contribution in [1.82, 2.24) is 19.4 Å². The van der Waals surface area contributed by atoms with E-state index >= 15 is 0 Å². The number of benzene rings is 2. The van der Waals surface area contributed by atoms with Gasteiger partial charge in [-0.15, -0.1) is 11.3 Å². The van der Waals surface area contributed by atoms with Gasteiger partial charge in [-0.05, 0) is 37.6 Å². The largest absolute Gasteiger partial charge is 0.335 e. The highest BCUT2D eigenvalue weighted by Gasteiger charge is 2.21. The van der Waals surface area contributed by atoms with Gasteiger partial charge in [0.1, 0.15) is 11.6 Å². The van der Waals surface area contributed by atoms with E-state index in [0.717, 1.165) is 20.8 Å². The normalized spacial score (nSPS) is 12.4. The Kier molecular flexibility index (Phi) is 4.68. The molecule has 0 spiro atoms. The Hall–Kier alpha value is -3.06. The van der Waals surface area contributed by atoms with Crippen molar-refractivity contribution in [2.45, 2.75) is 26.4 Å². The molecule has 0 aliphatic carbocycles. The molecule has 2 aromatic heterocycles. The van der Waals surface area contributed by atoms with E-state index in [1.165, 1.54) is 10.9 Å². The van der Waals surface area contributed by atoms with E-state index in [4.69, 9.17) is 0 Å². The molecule has 0 saturated heterocycles. The predicted octanol–water partition coefficient (Wildman–Crippen LogP) is 3.53. The summed E-state index contributed by atoms with van der Waals surface area (Å²) in [6, 6.07) is 13.2. The molecule has 1 unspecified atom stereocenters. The van der Waals surface area contributed by atoms with Crippen LogP contribution in [-0.4, -0.2) is 32.4 Å². The number of aryl methyl sites for hydroxylation is 1. The molecule has 0 fully saturated rings. The third kappa shape index (κ3) is 3.18. The van der Waals surface area contributed by atoms with Gasteiger partial charge in [0.05, 0.1) is 33.5 Å². The third-order valence-corrected chi connectivity index (χ3v) is 6.21. The van der Waals surface area contributed by atoms with Crippen molar-refractivity contribution in [2.75, 3.05) is 7.05 Å². The van der Waals surface area contributed by atoms with Crippen LogP contribution in [-0.2, 0) is 11.3 Å². The minimum atomic E-state index is -0.205. The Morgan fingerprint density at radius 1 is 1.21 bits per heavy atom. The van der Waals surface area contributed by atoms with Crippen molar-refractivity contribution in [3.8, 4) is 0 Å². The van der Waals surface area contributed by atoms with Gasteiger partial charge in [-0.1, -0.05) is 24.3 Å². The number of carbonyl (C=O) groups excluding carboxylic acids is 1. The van der Waals surface area contributed by atoms with Crippen LogP contribution < -0.4 is 5.56 Å².